The van der Waals surface area contributed by atoms with E-state index in [1.807, 2.05) is 0 Å². The molecule has 4 aliphatic rings. The third-order valence-corrected chi connectivity index (χ3v) is 7.10. The fourth-order valence-corrected chi connectivity index (χ4v) is 5.16. The van der Waals surface area contributed by atoms with Crippen LogP contribution >= 0.6 is 0 Å². The predicted molar refractivity (Wildman–Crippen MR) is 136 cm³/mol. The predicted octanol–water partition coefficient (Wildman–Crippen LogP) is 2.34. The standard InChI is InChI=1S/C26H28F3N7O4/c1-24(2)39-14-18(40-24)13-38-23-30-8-6-20(34-23)33-22(37)25(15-4-3-5-16(10-15)26(27,28)29)31-11-19-21(35-25)32-17-7-9-36(19)12-17/h3-6,8,10-11,17-18,32,35H,7,9,12-14H2,1-2H3,(H,30,33,34,37)/t17-,18+,25?/m0/s1. The molecule has 2 saturated heterocycles. The number of hydrogen-bond acceptors (Lipinski definition) is 10. The van der Waals surface area contributed by atoms with Crippen molar-refractivity contribution in [2.75, 3.05) is 31.6 Å². The third kappa shape index (κ3) is 5.04. The van der Waals surface area contributed by atoms with Gasteiger partial charge in [0.25, 0.3) is 5.91 Å². The maximum atomic E-state index is 13.9. The number of amides is 1. The van der Waals surface area contributed by atoms with Crippen molar-refractivity contribution < 1.29 is 32.2 Å². The molecule has 0 radical (unpaired) electrons. The van der Waals surface area contributed by atoms with Crippen molar-refractivity contribution in [2.24, 2.45) is 4.99 Å². The van der Waals surface area contributed by atoms with Crippen LogP contribution in [0.4, 0.5) is 19.0 Å². The number of nitrogens with zero attached hydrogens (tertiary/aromatic N) is 4. The fraction of sp³-hybridized carbons (Fsp3) is 0.462. The van der Waals surface area contributed by atoms with Crippen LogP contribution < -0.4 is 20.7 Å². The van der Waals surface area contributed by atoms with E-state index in [9.17, 15) is 18.0 Å². The van der Waals surface area contributed by atoms with Crippen molar-refractivity contribution in [3.8, 4) is 6.01 Å². The molecule has 1 amide bonds. The summed E-state index contributed by atoms with van der Waals surface area (Å²) in [5.41, 5.74) is -2.03. The van der Waals surface area contributed by atoms with Crippen LogP contribution in [-0.4, -0.2) is 71.2 Å². The number of alkyl halides is 3. The lowest BCUT2D eigenvalue weighted by molar-refractivity contribution is -0.141. The molecule has 0 saturated carbocycles. The number of hydrogen-bond donors (Lipinski definition) is 3. The number of halogens is 3. The molecular weight excluding hydrogens is 531 g/mol. The average Bonchev–Trinajstić information content (AvgIpc) is 3.48. The SMILES string of the molecule is CC1(C)OC[C@@H](COc2nccc(NC(=O)C3(c4cccc(C(F)(F)F)c4)N=CC4=C(N[C@H]5CCN4C5)N3)n2)O1. The normalized spacial score (nSPS) is 26.7. The molecule has 40 heavy (non-hydrogen) atoms. The molecule has 4 aliphatic heterocycles. The van der Waals surface area contributed by atoms with E-state index in [4.69, 9.17) is 14.2 Å². The monoisotopic (exact) mass is 559 g/mol. The van der Waals surface area contributed by atoms with E-state index < -0.39 is 29.1 Å². The first kappa shape index (κ1) is 26.3. The summed E-state index contributed by atoms with van der Waals surface area (Å²) in [6, 6.07) is 6.15. The fourth-order valence-electron chi connectivity index (χ4n) is 5.16. The van der Waals surface area contributed by atoms with Gasteiger partial charge in [0.15, 0.2) is 5.79 Å². The Morgan fingerprint density at radius 2 is 2.15 bits per heavy atom. The summed E-state index contributed by atoms with van der Waals surface area (Å²) in [7, 11) is 0. The number of aliphatic imine (C=N–C) groups is 1. The first-order chi connectivity index (χ1) is 19.0. The number of rotatable bonds is 6. The molecule has 1 unspecified atom stereocenters. The van der Waals surface area contributed by atoms with E-state index in [1.54, 1.807) is 13.8 Å². The highest BCUT2D eigenvalue weighted by Gasteiger charge is 2.47. The molecule has 1 aromatic heterocycles. The van der Waals surface area contributed by atoms with Crippen LogP contribution in [0.5, 0.6) is 6.01 Å². The first-order valence-corrected chi connectivity index (χ1v) is 12.9. The third-order valence-electron chi connectivity index (χ3n) is 7.10. The van der Waals surface area contributed by atoms with Gasteiger partial charge in [-0.05, 0) is 38.5 Å². The highest BCUT2D eigenvalue weighted by Crippen LogP contribution is 2.36. The molecule has 212 valence electrons. The van der Waals surface area contributed by atoms with Crippen LogP contribution in [0, 0.1) is 0 Å². The molecular formula is C26H28F3N7O4. The Morgan fingerprint density at radius 1 is 1.30 bits per heavy atom. The van der Waals surface area contributed by atoms with Gasteiger partial charge in [0, 0.05) is 30.9 Å². The number of fused-ring (bicyclic) bond motifs is 3. The van der Waals surface area contributed by atoms with Crippen molar-refractivity contribution in [2.45, 2.75) is 50.0 Å². The number of carbonyl (C=O) groups is 1. The van der Waals surface area contributed by atoms with E-state index in [1.165, 1.54) is 30.6 Å². The van der Waals surface area contributed by atoms with Gasteiger partial charge in [-0.1, -0.05) is 12.1 Å². The number of benzene rings is 1. The summed E-state index contributed by atoms with van der Waals surface area (Å²) in [4.78, 5) is 28.8. The maximum Gasteiger partial charge on any atom is 0.416 e. The molecule has 3 N–H and O–H groups in total. The van der Waals surface area contributed by atoms with E-state index >= 15 is 0 Å². The van der Waals surface area contributed by atoms with Gasteiger partial charge < -0.3 is 35.1 Å². The smallest absolute Gasteiger partial charge is 0.416 e. The van der Waals surface area contributed by atoms with E-state index in [0.717, 1.165) is 37.3 Å². The summed E-state index contributed by atoms with van der Waals surface area (Å²) in [5.74, 6) is -0.829. The molecule has 6 rings (SSSR count). The topological polar surface area (TPSA) is 122 Å². The lowest BCUT2D eigenvalue weighted by atomic mass is 9.95. The number of nitrogens with one attached hydrogen (secondary N) is 3. The zero-order chi connectivity index (χ0) is 28.1. The maximum absolute atomic E-state index is 13.9. The summed E-state index contributed by atoms with van der Waals surface area (Å²) in [6.45, 7) is 5.66. The minimum absolute atomic E-state index is 0.0114. The van der Waals surface area contributed by atoms with E-state index in [2.05, 4.69) is 35.8 Å². The van der Waals surface area contributed by atoms with Crippen LogP contribution in [0.3, 0.4) is 0 Å². The minimum atomic E-state index is -4.60. The van der Waals surface area contributed by atoms with Crippen LogP contribution in [0.2, 0.25) is 0 Å². The molecule has 0 spiro atoms. The summed E-state index contributed by atoms with van der Waals surface area (Å²) < 4.78 is 57.7. The van der Waals surface area contributed by atoms with E-state index in [-0.39, 0.29) is 36.1 Å². The lowest BCUT2D eigenvalue weighted by Crippen LogP contribution is -2.57. The quantitative estimate of drug-likeness (QED) is 0.490. The Bertz CT molecular complexity index is 1380. The van der Waals surface area contributed by atoms with E-state index in [0.29, 0.717) is 12.4 Å². The molecule has 2 aromatic rings. The van der Waals surface area contributed by atoms with Crippen molar-refractivity contribution in [1.29, 1.82) is 0 Å². The Kier molecular flexibility index (Phi) is 6.33. The number of carbonyl (C=O) groups excluding carboxylic acids is 1. The first-order valence-electron chi connectivity index (χ1n) is 12.9. The second kappa shape index (κ2) is 9.63. The lowest BCUT2D eigenvalue weighted by Gasteiger charge is -2.40. The Balaban J connectivity index is 1.27. The summed E-state index contributed by atoms with van der Waals surface area (Å²) >= 11 is 0. The van der Waals surface area contributed by atoms with Crippen LogP contribution in [-0.2, 0) is 26.1 Å². The zero-order valence-corrected chi connectivity index (χ0v) is 21.8. The van der Waals surface area contributed by atoms with Gasteiger partial charge in [0.2, 0.25) is 5.66 Å². The minimum Gasteiger partial charge on any atom is -0.461 e. The highest BCUT2D eigenvalue weighted by molar-refractivity contribution is 6.00. The van der Waals surface area contributed by atoms with Gasteiger partial charge >= 0.3 is 12.2 Å². The zero-order valence-electron chi connectivity index (χ0n) is 21.8. The molecule has 3 atom stereocenters. The van der Waals surface area contributed by atoms with Crippen LogP contribution in [0.15, 0.2) is 53.0 Å². The Labute approximate surface area is 227 Å². The second-order valence-electron chi connectivity index (χ2n) is 10.4. The summed E-state index contributed by atoms with van der Waals surface area (Å²) in [6.07, 6.45) is -1.11. The molecule has 14 heteroatoms. The van der Waals surface area contributed by atoms with Gasteiger partial charge in [0.1, 0.15) is 24.3 Å². The average molecular weight is 560 g/mol. The van der Waals surface area contributed by atoms with Gasteiger partial charge in [-0.15, -0.1) is 0 Å². The molecule has 0 aliphatic carbocycles. The van der Waals surface area contributed by atoms with Gasteiger partial charge in [-0.3, -0.25) is 4.79 Å². The van der Waals surface area contributed by atoms with Gasteiger partial charge in [0.05, 0.1) is 24.1 Å². The van der Waals surface area contributed by atoms with Crippen molar-refractivity contribution in [1.82, 2.24) is 25.5 Å². The molecule has 2 bridgehead atoms. The molecule has 11 nitrogen and oxygen atoms in total. The van der Waals surface area contributed by atoms with Crippen molar-refractivity contribution in [3.05, 3.63) is 59.2 Å². The molecule has 2 fully saturated rings. The van der Waals surface area contributed by atoms with Gasteiger partial charge in [-0.2, -0.15) is 18.2 Å². The second-order valence-corrected chi connectivity index (χ2v) is 10.4. The Hall–Kier alpha value is -3.91. The number of allylic oxidation sites excluding steroid dienone is 1. The number of aromatic nitrogens is 2. The van der Waals surface area contributed by atoms with Crippen molar-refractivity contribution in [3.63, 3.8) is 0 Å². The number of anilines is 1. The molecule has 5 heterocycles. The van der Waals surface area contributed by atoms with Crippen LogP contribution in [0.25, 0.3) is 0 Å². The van der Waals surface area contributed by atoms with Gasteiger partial charge in [-0.25, -0.2) is 9.98 Å². The van der Waals surface area contributed by atoms with Crippen LogP contribution in [0.1, 0.15) is 31.4 Å². The highest BCUT2D eigenvalue weighted by atomic mass is 19.4. The molecule has 1 aromatic carbocycles. The number of ether oxygens (including phenoxy) is 3. The van der Waals surface area contributed by atoms with Crippen molar-refractivity contribution >= 4 is 17.9 Å². The largest absolute Gasteiger partial charge is 0.461 e. The Morgan fingerprint density at radius 3 is 2.92 bits per heavy atom. The summed E-state index contributed by atoms with van der Waals surface area (Å²) in [5, 5.41) is 9.15.